The third-order valence-electron chi connectivity index (χ3n) is 6.13. The summed E-state index contributed by atoms with van der Waals surface area (Å²) in [5.41, 5.74) is 2.50. The lowest BCUT2D eigenvalue weighted by Gasteiger charge is -2.45. The van der Waals surface area contributed by atoms with Gasteiger partial charge in [-0.05, 0) is 54.9 Å². The Morgan fingerprint density at radius 3 is 2.62 bits per heavy atom. The van der Waals surface area contributed by atoms with E-state index in [9.17, 15) is 4.79 Å². The average molecular weight is 321 g/mol. The molecule has 1 aliphatic heterocycles. The van der Waals surface area contributed by atoms with E-state index in [1.54, 1.807) is 0 Å². The van der Waals surface area contributed by atoms with Gasteiger partial charge in [-0.15, -0.1) is 0 Å². The van der Waals surface area contributed by atoms with Gasteiger partial charge in [0.1, 0.15) is 0 Å². The van der Waals surface area contributed by atoms with E-state index in [0.29, 0.717) is 5.41 Å². The van der Waals surface area contributed by atoms with Gasteiger partial charge in [-0.25, -0.2) is 0 Å². The molecular formula is C22H27NO. The summed E-state index contributed by atoms with van der Waals surface area (Å²) < 4.78 is 0. The zero-order valence-corrected chi connectivity index (χ0v) is 14.7. The van der Waals surface area contributed by atoms with Crippen LogP contribution < -0.4 is 0 Å². The van der Waals surface area contributed by atoms with Crippen molar-refractivity contribution >= 4 is 16.7 Å². The molecule has 1 aliphatic carbocycles. The normalized spacial score (nSPS) is 20.5. The van der Waals surface area contributed by atoms with Crippen LogP contribution >= 0.6 is 0 Å². The van der Waals surface area contributed by atoms with E-state index in [4.69, 9.17) is 0 Å². The largest absolute Gasteiger partial charge is 0.338 e. The number of benzene rings is 2. The van der Waals surface area contributed by atoms with Gasteiger partial charge in [0.15, 0.2) is 0 Å². The fraction of sp³-hybridized carbons (Fsp3) is 0.500. The highest BCUT2D eigenvalue weighted by atomic mass is 16.2. The van der Waals surface area contributed by atoms with Crippen LogP contribution in [0.2, 0.25) is 0 Å². The number of aryl methyl sites for hydroxylation is 1. The van der Waals surface area contributed by atoms with Crippen molar-refractivity contribution in [1.29, 1.82) is 0 Å². The van der Waals surface area contributed by atoms with Crippen LogP contribution in [0.15, 0.2) is 36.4 Å². The van der Waals surface area contributed by atoms with E-state index in [-0.39, 0.29) is 5.91 Å². The molecule has 2 heteroatoms. The quantitative estimate of drug-likeness (QED) is 0.694. The minimum atomic E-state index is 0.232. The second-order valence-electron chi connectivity index (χ2n) is 7.92. The molecule has 1 saturated carbocycles. The van der Waals surface area contributed by atoms with E-state index >= 15 is 0 Å². The number of likely N-dealkylation sites (tertiary alicyclic amines) is 1. The highest BCUT2D eigenvalue weighted by molar-refractivity contribution is 6.07. The molecule has 2 aromatic rings. The van der Waals surface area contributed by atoms with Crippen molar-refractivity contribution < 1.29 is 4.79 Å². The molecule has 1 amide bonds. The number of nitrogens with zero attached hydrogens (tertiary/aromatic N) is 1. The summed E-state index contributed by atoms with van der Waals surface area (Å²) in [5.74, 6) is 0.232. The van der Waals surface area contributed by atoms with Gasteiger partial charge in [-0.3, -0.25) is 4.79 Å². The molecule has 0 radical (unpaired) electrons. The maximum atomic E-state index is 13.3. The smallest absolute Gasteiger partial charge is 0.254 e. The summed E-state index contributed by atoms with van der Waals surface area (Å²) in [6, 6.07) is 12.5. The molecule has 1 spiro atoms. The van der Waals surface area contributed by atoms with Crippen LogP contribution in [0.25, 0.3) is 10.8 Å². The van der Waals surface area contributed by atoms with E-state index in [2.05, 4.69) is 36.1 Å². The molecule has 2 aliphatic rings. The van der Waals surface area contributed by atoms with E-state index in [1.165, 1.54) is 44.1 Å². The summed E-state index contributed by atoms with van der Waals surface area (Å²) in [5, 5.41) is 2.27. The molecule has 2 nitrogen and oxygen atoms in total. The SMILES string of the molecule is Cc1ccc2cccc(C(=O)N3CCCC4(CCCCC4)C3)c2c1. The van der Waals surface area contributed by atoms with Crippen molar-refractivity contribution in [3.63, 3.8) is 0 Å². The molecule has 0 atom stereocenters. The van der Waals surface area contributed by atoms with Crippen molar-refractivity contribution in [2.75, 3.05) is 13.1 Å². The number of piperidine rings is 1. The lowest BCUT2D eigenvalue weighted by molar-refractivity contribution is 0.0386. The van der Waals surface area contributed by atoms with Gasteiger partial charge in [0, 0.05) is 18.7 Å². The minimum Gasteiger partial charge on any atom is -0.338 e. The number of amides is 1. The van der Waals surface area contributed by atoms with Gasteiger partial charge in [-0.2, -0.15) is 0 Å². The third kappa shape index (κ3) is 2.83. The topological polar surface area (TPSA) is 20.3 Å². The van der Waals surface area contributed by atoms with Crippen molar-refractivity contribution in [3.05, 3.63) is 47.5 Å². The Labute approximate surface area is 144 Å². The number of carbonyl (C=O) groups is 1. The second kappa shape index (κ2) is 6.23. The molecule has 126 valence electrons. The molecule has 0 bridgehead atoms. The molecule has 1 saturated heterocycles. The van der Waals surface area contributed by atoms with E-state index in [0.717, 1.165) is 35.8 Å². The summed E-state index contributed by atoms with van der Waals surface area (Å²) in [4.78, 5) is 15.4. The predicted octanol–water partition coefficient (Wildman–Crippen LogP) is 5.33. The van der Waals surface area contributed by atoms with Crippen molar-refractivity contribution in [3.8, 4) is 0 Å². The van der Waals surface area contributed by atoms with Gasteiger partial charge in [0.05, 0.1) is 0 Å². The van der Waals surface area contributed by atoms with Crippen molar-refractivity contribution in [2.24, 2.45) is 5.41 Å². The monoisotopic (exact) mass is 321 g/mol. The lowest BCUT2D eigenvalue weighted by atomic mass is 9.69. The molecule has 4 rings (SSSR count). The molecule has 24 heavy (non-hydrogen) atoms. The van der Waals surface area contributed by atoms with E-state index < -0.39 is 0 Å². The fourth-order valence-electron chi connectivity index (χ4n) is 4.83. The number of rotatable bonds is 1. The number of hydrogen-bond acceptors (Lipinski definition) is 1. The van der Waals surface area contributed by atoms with Gasteiger partial charge in [-0.1, -0.05) is 55.2 Å². The zero-order valence-electron chi connectivity index (χ0n) is 14.7. The first-order valence-corrected chi connectivity index (χ1v) is 9.46. The Bertz CT molecular complexity index is 752. The summed E-state index contributed by atoms with van der Waals surface area (Å²) >= 11 is 0. The first-order chi connectivity index (χ1) is 11.7. The van der Waals surface area contributed by atoms with Crippen LogP contribution in [-0.2, 0) is 0 Å². The van der Waals surface area contributed by atoms with Gasteiger partial charge in [0.2, 0.25) is 0 Å². The van der Waals surface area contributed by atoms with Gasteiger partial charge >= 0.3 is 0 Å². The first-order valence-electron chi connectivity index (χ1n) is 9.46. The highest BCUT2D eigenvalue weighted by Crippen LogP contribution is 2.43. The van der Waals surface area contributed by atoms with Crippen LogP contribution in [0.4, 0.5) is 0 Å². The Kier molecular flexibility index (Phi) is 4.07. The summed E-state index contributed by atoms with van der Waals surface area (Å²) in [7, 11) is 0. The Morgan fingerprint density at radius 2 is 1.79 bits per heavy atom. The molecule has 2 fully saturated rings. The van der Waals surface area contributed by atoms with Crippen LogP contribution in [-0.4, -0.2) is 23.9 Å². The average Bonchev–Trinajstić information content (AvgIpc) is 2.61. The van der Waals surface area contributed by atoms with Crippen LogP contribution in [0, 0.1) is 12.3 Å². The molecule has 2 aromatic carbocycles. The molecule has 1 heterocycles. The third-order valence-corrected chi connectivity index (χ3v) is 6.13. The standard InChI is InChI=1S/C22H27NO/c1-17-9-10-18-7-5-8-19(20(18)15-17)21(24)23-14-6-13-22(16-23)11-3-2-4-12-22/h5,7-10,15H,2-4,6,11-14,16H2,1H3. The van der Waals surface area contributed by atoms with Crippen LogP contribution in [0.3, 0.4) is 0 Å². The lowest BCUT2D eigenvalue weighted by Crippen LogP contribution is -2.47. The summed E-state index contributed by atoms with van der Waals surface area (Å²) in [6.45, 7) is 3.98. The number of hydrogen-bond donors (Lipinski definition) is 0. The Hall–Kier alpha value is -1.83. The van der Waals surface area contributed by atoms with Crippen LogP contribution in [0.5, 0.6) is 0 Å². The second-order valence-corrected chi connectivity index (χ2v) is 7.92. The van der Waals surface area contributed by atoms with Crippen molar-refractivity contribution in [1.82, 2.24) is 4.90 Å². The van der Waals surface area contributed by atoms with Crippen molar-refractivity contribution in [2.45, 2.75) is 51.9 Å². The summed E-state index contributed by atoms with van der Waals surface area (Å²) in [6.07, 6.45) is 9.15. The Balaban J connectivity index is 1.65. The molecule has 0 aromatic heterocycles. The van der Waals surface area contributed by atoms with Gasteiger partial charge in [0.25, 0.3) is 5.91 Å². The first kappa shape index (κ1) is 15.7. The number of carbonyl (C=O) groups excluding carboxylic acids is 1. The Morgan fingerprint density at radius 1 is 1.00 bits per heavy atom. The molecule has 0 unspecified atom stereocenters. The minimum absolute atomic E-state index is 0.232. The molecule has 0 N–H and O–H groups in total. The molecular weight excluding hydrogens is 294 g/mol. The predicted molar refractivity (Wildman–Crippen MR) is 99.3 cm³/mol. The maximum absolute atomic E-state index is 13.3. The zero-order chi connectivity index (χ0) is 16.6. The highest BCUT2D eigenvalue weighted by Gasteiger charge is 2.38. The fourth-order valence-corrected chi connectivity index (χ4v) is 4.83. The van der Waals surface area contributed by atoms with Crippen LogP contribution in [0.1, 0.15) is 60.9 Å². The maximum Gasteiger partial charge on any atom is 0.254 e. The van der Waals surface area contributed by atoms with E-state index in [1.807, 2.05) is 12.1 Å². The van der Waals surface area contributed by atoms with Gasteiger partial charge < -0.3 is 4.90 Å². The number of fused-ring (bicyclic) bond motifs is 1.